The zero-order chi connectivity index (χ0) is 21.3. The predicted molar refractivity (Wildman–Crippen MR) is 114 cm³/mol. The van der Waals surface area contributed by atoms with Crippen LogP contribution in [-0.2, 0) is 9.53 Å². The van der Waals surface area contributed by atoms with Crippen LogP contribution in [0.4, 0.5) is 5.82 Å². The van der Waals surface area contributed by atoms with Crippen LogP contribution in [0.15, 0.2) is 47.2 Å². The highest BCUT2D eigenvalue weighted by molar-refractivity contribution is 5.92. The molecule has 0 bridgehead atoms. The quantitative estimate of drug-likeness (QED) is 0.749. The minimum absolute atomic E-state index is 0.0336. The van der Waals surface area contributed by atoms with Crippen molar-refractivity contribution < 1.29 is 18.7 Å². The van der Waals surface area contributed by atoms with Crippen LogP contribution in [0.5, 0.6) is 0 Å². The highest BCUT2D eigenvalue weighted by Gasteiger charge is 2.55. The molecular weight excluding hydrogens is 396 g/mol. The van der Waals surface area contributed by atoms with E-state index in [-0.39, 0.29) is 17.7 Å². The fourth-order valence-electron chi connectivity index (χ4n) is 5.32. The van der Waals surface area contributed by atoms with Gasteiger partial charge in [0.15, 0.2) is 5.76 Å². The molecule has 2 aromatic rings. The molecular formula is C23H28N4O4. The molecule has 0 aromatic carbocycles. The van der Waals surface area contributed by atoms with E-state index in [9.17, 15) is 9.59 Å². The first-order valence-electron chi connectivity index (χ1n) is 11.0. The van der Waals surface area contributed by atoms with Crippen molar-refractivity contribution in [2.24, 2.45) is 11.3 Å². The minimum Gasteiger partial charge on any atom is -0.459 e. The van der Waals surface area contributed by atoms with E-state index in [1.807, 2.05) is 28.0 Å². The summed E-state index contributed by atoms with van der Waals surface area (Å²) in [5.41, 5.74) is -0.521. The van der Waals surface area contributed by atoms with Gasteiger partial charge in [-0.25, -0.2) is 4.98 Å². The largest absolute Gasteiger partial charge is 0.459 e. The number of furan rings is 1. The van der Waals surface area contributed by atoms with Gasteiger partial charge in [0.2, 0.25) is 5.91 Å². The van der Waals surface area contributed by atoms with Crippen LogP contribution in [0.2, 0.25) is 0 Å². The monoisotopic (exact) mass is 424 g/mol. The number of anilines is 1. The van der Waals surface area contributed by atoms with E-state index in [2.05, 4.69) is 9.88 Å². The average Bonchev–Trinajstić information content (AvgIpc) is 3.45. The van der Waals surface area contributed by atoms with Crippen LogP contribution in [0.25, 0.3) is 0 Å². The van der Waals surface area contributed by atoms with E-state index < -0.39 is 5.41 Å². The molecule has 0 N–H and O–H groups in total. The second-order valence-electron chi connectivity index (χ2n) is 8.66. The lowest BCUT2D eigenvalue weighted by Crippen LogP contribution is -2.53. The maximum Gasteiger partial charge on any atom is 0.289 e. The topological polar surface area (TPSA) is 79.1 Å². The molecule has 8 heteroatoms. The van der Waals surface area contributed by atoms with Crippen molar-refractivity contribution in [3.8, 4) is 0 Å². The number of nitrogens with zero attached hydrogens (tertiary/aromatic N) is 4. The number of morpholine rings is 1. The zero-order valence-electron chi connectivity index (χ0n) is 17.6. The Bertz CT molecular complexity index is 913. The first-order chi connectivity index (χ1) is 15.2. The Morgan fingerprint density at radius 3 is 2.65 bits per heavy atom. The molecule has 5 rings (SSSR count). The number of carbonyl (C=O) groups excluding carboxylic acids is 2. The first-order valence-corrected chi connectivity index (χ1v) is 11.0. The van der Waals surface area contributed by atoms with Crippen LogP contribution in [0.3, 0.4) is 0 Å². The molecule has 0 radical (unpaired) electrons. The summed E-state index contributed by atoms with van der Waals surface area (Å²) in [6.45, 7) is 4.94. The number of rotatable bonds is 3. The molecule has 0 saturated carbocycles. The van der Waals surface area contributed by atoms with Gasteiger partial charge in [-0.2, -0.15) is 0 Å². The smallest absolute Gasteiger partial charge is 0.289 e. The van der Waals surface area contributed by atoms with Crippen molar-refractivity contribution in [3.63, 3.8) is 0 Å². The number of ether oxygens (including phenoxy) is 1. The van der Waals surface area contributed by atoms with Crippen LogP contribution < -0.4 is 4.90 Å². The predicted octanol–water partition coefficient (Wildman–Crippen LogP) is 1.89. The van der Waals surface area contributed by atoms with E-state index in [0.717, 1.165) is 18.7 Å². The summed E-state index contributed by atoms with van der Waals surface area (Å²) in [4.78, 5) is 37.5. The molecule has 5 heterocycles. The van der Waals surface area contributed by atoms with Crippen molar-refractivity contribution in [2.75, 3.05) is 57.4 Å². The van der Waals surface area contributed by atoms with E-state index in [1.54, 1.807) is 18.3 Å². The maximum atomic E-state index is 13.9. The molecule has 2 aromatic heterocycles. The van der Waals surface area contributed by atoms with Crippen molar-refractivity contribution >= 4 is 17.6 Å². The molecule has 3 aliphatic rings. The number of hydrogen-bond donors (Lipinski definition) is 0. The number of likely N-dealkylation sites (tertiary alicyclic amines) is 1. The Morgan fingerprint density at radius 1 is 1.03 bits per heavy atom. The van der Waals surface area contributed by atoms with Crippen LogP contribution in [0.1, 0.15) is 23.4 Å². The van der Waals surface area contributed by atoms with Gasteiger partial charge < -0.3 is 23.9 Å². The van der Waals surface area contributed by atoms with Crippen LogP contribution in [0, 0.1) is 11.3 Å². The SMILES string of the molecule is O=C(c1ccco1)N1CCC[C@@]2(C(=O)N3CCOCC3)CN(c3ccccn3)C[C@H]2C1. The third-order valence-corrected chi connectivity index (χ3v) is 6.90. The maximum absolute atomic E-state index is 13.9. The Labute approximate surface area is 181 Å². The van der Waals surface area contributed by atoms with Crippen molar-refractivity contribution in [1.82, 2.24) is 14.8 Å². The van der Waals surface area contributed by atoms with E-state index in [4.69, 9.17) is 9.15 Å². The van der Waals surface area contributed by atoms with Gasteiger partial charge >= 0.3 is 0 Å². The zero-order valence-corrected chi connectivity index (χ0v) is 17.6. The van der Waals surface area contributed by atoms with Gasteiger partial charge in [-0.05, 0) is 37.1 Å². The Balaban J connectivity index is 1.45. The number of fused-ring (bicyclic) bond motifs is 1. The molecule has 0 unspecified atom stereocenters. The van der Waals surface area contributed by atoms with Crippen molar-refractivity contribution in [1.29, 1.82) is 0 Å². The summed E-state index contributed by atoms with van der Waals surface area (Å²) in [5.74, 6) is 1.37. The summed E-state index contributed by atoms with van der Waals surface area (Å²) >= 11 is 0. The summed E-state index contributed by atoms with van der Waals surface area (Å²) in [7, 11) is 0. The standard InChI is InChI=1S/C23H28N4O4/c28-21(19-5-3-12-31-19)26-9-4-7-23(22(29)25-10-13-30-14-11-25)17-27(16-18(23)15-26)20-6-1-2-8-24-20/h1-3,5-6,8,12,18H,4,7,9-11,13-17H2/t18-,23-/m1/s1. The Kier molecular flexibility index (Phi) is 5.40. The second kappa shape index (κ2) is 8.34. The second-order valence-corrected chi connectivity index (χ2v) is 8.66. The lowest BCUT2D eigenvalue weighted by atomic mass is 9.73. The molecule has 3 fully saturated rings. The first kappa shape index (κ1) is 20.1. The Hall–Kier alpha value is -2.87. The molecule has 0 aliphatic carbocycles. The van der Waals surface area contributed by atoms with E-state index >= 15 is 0 Å². The number of hydrogen-bond acceptors (Lipinski definition) is 6. The molecule has 31 heavy (non-hydrogen) atoms. The van der Waals surface area contributed by atoms with Gasteiger partial charge in [0, 0.05) is 51.4 Å². The molecule has 2 amide bonds. The highest BCUT2D eigenvalue weighted by atomic mass is 16.5. The van der Waals surface area contributed by atoms with Crippen LogP contribution >= 0.6 is 0 Å². The summed E-state index contributed by atoms with van der Waals surface area (Å²) in [6.07, 6.45) is 4.86. The third-order valence-electron chi connectivity index (χ3n) is 6.90. The van der Waals surface area contributed by atoms with Gasteiger partial charge in [0.1, 0.15) is 5.82 Å². The van der Waals surface area contributed by atoms with Gasteiger partial charge in [-0.3, -0.25) is 9.59 Å². The lowest BCUT2D eigenvalue weighted by Gasteiger charge is -2.38. The normalized spacial score (nSPS) is 26.5. The van der Waals surface area contributed by atoms with E-state index in [0.29, 0.717) is 58.2 Å². The van der Waals surface area contributed by atoms with Gasteiger partial charge in [-0.1, -0.05) is 6.07 Å². The fraction of sp³-hybridized carbons (Fsp3) is 0.522. The summed E-state index contributed by atoms with van der Waals surface area (Å²) in [5, 5.41) is 0. The van der Waals surface area contributed by atoms with E-state index in [1.165, 1.54) is 6.26 Å². The molecule has 8 nitrogen and oxygen atoms in total. The van der Waals surface area contributed by atoms with Crippen molar-refractivity contribution in [3.05, 3.63) is 48.6 Å². The molecule has 3 saturated heterocycles. The third kappa shape index (κ3) is 3.69. The molecule has 3 aliphatic heterocycles. The van der Waals surface area contributed by atoms with Gasteiger partial charge in [0.05, 0.1) is 24.9 Å². The number of amides is 2. The Morgan fingerprint density at radius 2 is 1.90 bits per heavy atom. The molecule has 2 atom stereocenters. The summed E-state index contributed by atoms with van der Waals surface area (Å²) < 4.78 is 10.8. The molecule has 164 valence electrons. The fourth-order valence-corrected chi connectivity index (χ4v) is 5.32. The van der Waals surface area contributed by atoms with Crippen molar-refractivity contribution in [2.45, 2.75) is 12.8 Å². The van der Waals surface area contributed by atoms with Gasteiger partial charge in [-0.15, -0.1) is 0 Å². The number of aromatic nitrogens is 1. The molecule has 0 spiro atoms. The number of pyridine rings is 1. The van der Waals surface area contributed by atoms with Gasteiger partial charge in [0.25, 0.3) is 5.91 Å². The minimum atomic E-state index is -0.521. The highest BCUT2D eigenvalue weighted by Crippen LogP contribution is 2.45. The number of carbonyl (C=O) groups is 2. The summed E-state index contributed by atoms with van der Waals surface area (Å²) in [6, 6.07) is 9.30. The van der Waals surface area contributed by atoms with Crippen LogP contribution in [-0.4, -0.2) is 79.1 Å². The average molecular weight is 425 g/mol. The lowest BCUT2D eigenvalue weighted by molar-refractivity contribution is -0.148.